The number of benzene rings is 2. The Balaban J connectivity index is 2.67. The monoisotopic (exact) mass is 418 g/mol. The van der Waals surface area contributed by atoms with E-state index in [0.717, 1.165) is 5.56 Å². The van der Waals surface area contributed by atoms with Crippen LogP contribution in [0, 0.1) is 0 Å². The fraction of sp³-hybridized carbons (Fsp3) is 0.435. The summed E-state index contributed by atoms with van der Waals surface area (Å²) in [6.45, 7) is 4.68. The summed E-state index contributed by atoms with van der Waals surface area (Å²) in [5, 5.41) is 11.1. The lowest BCUT2D eigenvalue weighted by molar-refractivity contribution is -0.151. The Kier molecular flexibility index (Phi) is 7.56. The summed E-state index contributed by atoms with van der Waals surface area (Å²) < 4.78 is 27.2. The van der Waals surface area contributed by atoms with Crippen molar-refractivity contribution in [2.24, 2.45) is 0 Å². The molecule has 0 aromatic heterocycles. The van der Waals surface area contributed by atoms with Crippen molar-refractivity contribution in [3.8, 4) is 23.0 Å². The number of ether oxygens (including phenoxy) is 5. The van der Waals surface area contributed by atoms with Gasteiger partial charge in [-0.15, -0.1) is 0 Å². The molecule has 0 unspecified atom stereocenters. The molecule has 0 amide bonds. The van der Waals surface area contributed by atoms with Crippen LogP contribution in [0.3, 0.4) is 0 Å². The van der Waals surface area contributed by atoms with Crippen molar-refractivity contribution in [3.05, 3.63) is 47.5 Å². The van der Waals surface area contributed by atoms with Crippen molar-refractivity contribution in [1.82, 2.24) is 0 Å². The zero-order chi connectivity index (χ0) is 22.5. The van der Waals surface area contributed by atoms with Crippen molar-refractivity contribution in [3.63, 3.8) is 0 Å². The molecule has 0 saturated carbocycles. The first-order valence-corrected chi connectivity index (χ1v) is 9.49. The van der Waals surface area contributed by atoms with E-state index in [2.05, 4.69) is 0 Å². The summed E-state index contributed by atoms with van der Waals surface area (Å²) >= 11 is 0. The van der Waals surface area contributed by atoms with Crippen LogP contribution in [0.5, 0.6) is 23.0 Å². The molecule has 0 heterocycles. The number of carbonyl (C=O) groups excluding carboxylic acids is 1. The average molecular weight is 418 g/mol. The normalized spacial score (nSPS) is 13.2. The highest BCUT2D eigenvalue weighted by molar-refractivity contribution is 5.66. The fourth-order valence-electron chi connectivity index (χ4n) is 3.54. The van der Waals surface area contributed by atoms with Crippen LogP contribution in [-0.4, -0.2) is 45.1 Å². The second-order valence-corrected chi connectivity index (χ2v) is 7.39. The van der Waals surface area contributed by atoms with Gasteiger partial charge in [-0.2, -0.15) is 0 Å². The summed E-state index contributed by atoms with van der Waals surface area (Å²) in [6, 6.07) is 10.6. The molecule has 0 aliphatic heterocycles. The highest BCUT2D eigenvalue weighted by atomic mass is 16.5. The lowest BCUT2D eigenvalue weighted by atomic mass is 9.78. The first kappa shape index (κ1) is 23.3. The van der Waals surface area contributed by atoms with Gasteiger partial charge in [0, 0.05) is 6.92 Å². The summed E-state index contributed by atoms with van der Waals surface area (Å²) in [5.74, 6) is 1.04. The average Bonchev–Trinajstić information content (AvgIpc) is 2.71. The Morgan fingerprint density at radius 1 is 0.800 bits per heavy atom. The third-order valence-electron chi connectivity index (χ3n) is 4.86. The molecule has 0 spiro atoms. The molecular formula is C23H30O7. The van der Waals surface area contributed by atoms with Crippen LogP contribution in [0.2, 0.25) is 0 Å². The highest BCUT2D eigenvalue weighted by Crippen LogP contribution is 2.45. The van der Waals surface area contributed by atoms with Gasteiger partial charge in [0.2, 0.25) is 0 Å². The number of hydrogen-bond donors (Lipinski definition) is 1. The Labute approximate surface area is 177 Å². The number of methoxy groups -OCH3 is 4. The molecule has 7 heteroatoms. The number of rotatable bonds is 9. The lowest BCUT2D eigenvalue weighted by Crippen LogP contribution is -2.35. The van der Waals surface area contributed by atoms with Gasteiger partial charge in [-0.3, -0.25) is 4.79 Å². The largest absolute Gasteiger partial charge is 0.493 e. The van der Waals surface area contributed by atoms with Crippen LogP contribution >= 0.6 is 0 Å². The van der Waals surface area contributed by atoms with Crippen LogP contribution < -0.4 is 18.9 Å². The quantitative estimate of drug-likeness (QED) is 0.619. The predicted molar refractivity (Wildman–Crippen MR) is 113 cm³/mol. The van der Waals surface area contributed by atoms with E-state index in [9.17, 15) is 9.90 Å². The minimum atomic E-state index is -1.24. The van der Waals surface area contributed by atoms with E-state index in [1.54, 1.807) is 65.5 Å². The predicted octanol–water partition coefficient (Wildman–Crippen LogP) is 3.88. The van der Waals surface area contributed by atoms with Gasteiger partial charge in [-0.05, 0) is 49.2 Å². The molecule has 0 saturated heterocycles. The minimum absolute atomic E-state index is 0.468. The second-order valence-electron chi connectivity index (χ2n) is 7.39. The minimum Gasteiger partial charge on any atom is -0.493 e. The molecule has 2 aromatic rings. The highest BCUT2D eigenvalue weighted by Gasteiger charge is 2.39. The maximum absolute atomic E-state index is 12.0. The third kappa shape index (κ3) is 5.16. The zero-order valence-corrected chi connectivity index (χ0v) is 18.5. The smallest absolute Gasteiger partial charge is 0.303 e. The van der Waals surface area contributed by atoms with Crippen molar-refractivity contribution in [2.45, 2.75) is 38.4 Å². The van der Waals surface area contributed by atoms with Gasteiger partial charge in [-0.25, -0.2) is 0 Å². The van der Waals surface area contributed by atoms with E-state index in [-0.39, 0.29) is 0 Å². The molecule has 1 N–H and O–H groups in total. The maximum Gasteiger partial charge on any atom is 0.303 e. The molecule has 0 fully saturated rings. The molecule has 2 atom stereocenters. The van der Waals surface area contributed by atoms with Crippen molar-refractivity contribution in [2.75, 3.05) is 28.4 Å². The van der Waals surface area contributed by atoms with Crippen LogP contribution in [0.25, 0.3) is 0 Å². The van der Waals surface area contributed by atoms with Crippen molar-refractivity contribution < 1.29 is 33.6 Å². The van der Waals surface area contributed by atoms with Gasteiger partial charge in [0.05, 0.1) is 40.0 Å². The SMILES string of the molecule is COc1ccc([C@H]([C@@H](OC(C)=O)c2ccc(OC)c(OC)c2)C(C)(C)O)cc1OC. The topological polar surface area (TPSA) is 83.5 Å². The number of carbonyl (C=O) groups is 1. The van der Waals surface area contributed by atoms with Gasteiger partial charge < -0.3 is 28.8 Å². The molecule has 0 aliphatic rings. The summed E-state index contributed by atoms with van der Waals surface area (Å²) in [6.07, 6.45) is -0.791. The van der Waals surface area contributed by atoms with Gasteiger partial charge in [0.25, 0.3) is 0 Å². The van der Waals surface area contributed by atoms with Crippen LogP contribution in [-0.2, 0) is 9.53 Å². The van der Waals surface area contributed by atoms with Gasteiger partial charge in [0.1, 0.15) is 6.10 Å². The lowest BCUT2D eigenvalue weighted by Gasteiger charge is -2.36. The van der Waals surface area contributed by atoms with E-state index in [1.807, 2.05) is 6.07 Å². The second kappa shape index (κ2) is 9.71. The van der Waals surface area contributed by atoms with Gasteiger partial charge in [0.15, 0.2) is 23.0 Å². The van der Waals surface area contributed by atoms with E-state index < -0.39 is 23.6 Å². The molecule has 0 bridgehead atoms. The zero-order valence-electron chi connectivity index (χ0n) is 18.5. The summed E-state index contributed by atoms with van der Waals surface area (Å²) in [7, 11) is 6.17. The van der Waals surface area contributed by atoms with Crippen LogP contribution in [0.4, 0.5) is 0 Å². The van der Waals surface area contributed by atoms with Crippen molar-refractivity contribution >= 4 is 5.97 Å². The molecule has 30 heavy (non-hydrogen) atoms. The van der Waals surface area contributed by atoms with Gasteiger partial charge in [-0.1, -0.05) is 12.1 Å². The Bertz CT molecular complexity index is 870. The van der Waals surface area contributed by atoms with E-state index in [0.29, 0.717) is 28.6 Å². The molecular weight excluding hydrogens is 388 g/mol. The first-order chi connectivity index (χ1) is 14.2. The molecule has 0 radical (unpaired) electrons. The van der Waals surface area contributed by atoms with Crippen LogP contribution in [0.15, 0.2) is 36.4 Å². The number of hydrogen-bond acceptors (Lipinski definition) is 7. The van der Waals surface area contributed by atoms with E-state index >= 15 is 0 Å². The molecule has 164 valence electrons. The number of esters is 1. The Hall–Kier alpha value is -2.93. The molecule has 2 aromatic carbocycles. The molecule has 0 aliphatic carbocycles. The summed E-state index contributed by atoms with van der Waals surface area (Å²) in [5.41, 5.74) is 0.137. The van der Waals surface area contributed by atoms with E-state index in [1.165, 1.54) is 14.0 Å². The number of aliphatic hydroxyl groups is 1. The maximum atomic E-state index is 12.0. The van der Waals surface area contributed by atoms with Crippen LogP contribution in [0.1, 0.15) is 43.9 Å². The first-order valence-electron chi connectivity index (χ1n) is 9.49. The fourth-order valence-corrected chi connectivity index (χ4v) is 3.54. The van der Waals surface area contributed by atoms with Gasteiger partial charge >= 0.3 is 5.97 Å². The Morgan fingerprint density at radius 2 is 1.23 bits per heavy atom. The summed E-state index contributed by atoms with van der Waals surface area (Å²) in [4.78, 5) is 12.0. The molecule has 7 nitrogen and oxygen atoms in total. The van der Waals surface area contributed by atoms with Crippen molar-refractivity contribution in [1.29, 1.82) is 0 Å². The standard InChI is InChI=1S/C23H30O7/c1-14(24)30-22(16-9-11-18(27-5)20(13-16)29-7)21(23(2,3)25)15-8-10-17(26-4)19(12-15)28-6/h8-13,21-22,25H,1-7H3/t21-,22+/m1/s1. The van der Waals surface area contributed by atoms with E-state index in [4.69, 9.17) is 23.7 Å². The third-order valence-corrected chi connectivity index (χ3v) is 4.86. The Morgan fingerprint density at radius 3 is 1.63 bits per heavy atom. The molecule has 2 rings (SSSR count).